The Morgan fingerprint density at radius 1 is 1.13 bits per heavy atom. The summed E-state index contributed by atoms with van der Waals surface area (Å²) in [5, 5.41) is 2.46. The molecule has 0 spiro atoms. The summed E-state index contributed by atoms with van der Waals surface area (Å²) in [6.45, 7) is 1.31. The Bertz CT molecular complexity index is 489. The van der Waals surface area contributed by atoms with Crippen LogP contribution in [0.15, 0.2) is 42.5 Å². The standard InChI is InChI=1S/C13H12FN/c14-13-9-15(13)8-11-6-3-5-10-4-1-2-7-12(10)11/h1-7,13H,8-9H2. The van der Waals surface area contributed by atoms with E-state index in [0.717, 1.165) is 6.54 Å². The summed E-state index contributed by atoms with van der Waals surface area (Å²) in [4.78, 5) is 1.82. The molecule has 0 aliphatic carbocycles. The number of halogens is 1. The third kappa shape index (κ3) is 1.61. The normalized spacial score (nSPS) is 24.3. The molecule has 1 aliphatic rings. The predicted octanol–water partition coefficient (Wildman–Crippen LogP) is 2.95. The molecule has 2 unspecified atom stereocenters. The van der Waals surface area contributed by atoms with E-state index in [1.807, 2.05) is 23.1 Å². The number of alkyl halides is 1. The molecule has 1 heterocycles. The zero-order valence-corrected chi connectivity index (χ0v) is 8.36. The van der Waals surface area contributed by atoms with Gasteiger partial charge in [-0.05, 0) is 16.3 Å². The summed E-state index contributed by atoms with van der Waals surface area (Å²) in [5.74, 6) is 0. The summed E-state index contributed by atoms with van der Waals surface area (Å²) in [6, 6.07) is 14.5. The van der Waals surface area contributed by atoms with Crippen molar-refractivity contribution in [2.45, 2.75) is 12.8 Å². The minimum absolute atomic E-state index is 0.587. The number of rotatable bonds is 2. The number of fused-ring (bicyclic) bond motifs is 1. The van der Waals surface area contributed by atoms with Crippen LogP contribution in [-0.4, -0.2) is 17.7 Å². The highest BCUT2D eigenvalue weighted by atomic mass is 19.1. The Balaban J connectivity index is 2.02. The Hall–Kier alpha value is -1.41. The van der Waals surface area contributed by atoms with Gasteiger partial charge in [0.15, 0.2) is 6.30 Å². The number of nitrogens with zero attached hydrogens (tertiary/aromatic N) is 1. The molecule has 0 N–H and O–H groups in total. The maximum absolute atomic E-state index is 12.8. The molecule has 0 radical (unpaired) electrons. The fourth-order valence-electron chi connectivity index (χ4n) is 1.96. The van der Waals surface area contributed by atoms with Crippen LogP contribution in [-0.2, 0) is 6.54 Å². The van der Waals surface area contributed by atoms with E-state index in [1.165, 1.54) is 16.3 Å². The lowest BCUT2D eigenvalue weighted by molar-refractivity contribution is 0.345. The van der Waals surface area contributed by atoms with E-state index in [1.54, 1.807) is 0 Å². The van der Waals surface area contributed by atoms with Crippen molar-refractivity contribution in [1.29, 1.82) is 0 Å². The highest BCUT2D eigenvalue weighted by Crippen LogP contribution is 2.26. The van der Waals surface area contributed by atoms with Gasteiger partial charge in [0.1, 0.15) is 0 Å². The van der Waals surface area contributed by atoms with E-state index >= 15 is 0 Å². The van der Waals surface area contributed by atoms with E-state index in [-0.39, 0.29) is 0 Å². The summed E-state index contributed by atoms with van der Waals surface area (Å²) in [7, 11) is 0. The minimum atomic E-state index is -0.719. The lowest BCUT2D eigenvalue weighted by atomic mass is 10.0. The molecule has 0 saturated carbocycles. The fourth-order valence-corrected chi connectivity index (χ4v) is 1.96. The predicted molar refractivity (Wildman–Crippen MR) is 59.3 cm³/mol. The van der Waals surface area contributed by atoms with Crippen LogP contribution in [0.2, 0.25) is 0 Å². The minimum Gasteiger partial charge on any atom is -0.264 e. The van der Waals surface area contributed by atoms with Crippen LogP contribution in [0.1, 0.15) is 5.56 Å². The van der Waals surface area contributed by atoms with Crippen molar-refractivity contribution in [3.63, 3.8) is 0 Å². The van der Waals surface area contributed by atoms with Gasteiger partial charge in [-0.15, -0.1) is 0 Å². The van der Waals surface area contributed by atoms with E-state index in [2.05, 4.69) is 24.3 Å². The molecule has 1 aliphatic heterocycles. The van der Waals surface area contributed by atoms with Crippen LogP contribution in [0.3, 0.4) is 0 Å². The monoisotopic (exact) mass is 201 g/mol. The van der Waals surface area contributed by atoms with Gasteiger partial charge in [-0.25, -0.2) is 4.39 Å². The third-order valence-electron chi connectivity index (χ3n) is 2.90. The summed E-state index contributed by atoms with van der Waals surface area (Å²) in [5.41, 5.74) is 1.22. The molecular formula is C13H12FN. The Morgan fingerprint density at radius 2 is 1.87 bits per heavy atom. The van der Waals surface area contributed by atoms with Crippen LogP contribution in [0.4, 0.5) is 4.39 Å². The first-order valence-corrected chi connectivity index (χ1v) is 5.19. The van der Waals surface area contributed by atoms with Gasteiger partial charge in [-0.2, -0.15) is 0 Å². The van der Waals surface area contributed by atoms with E-state index in [0.29, 0.717) is 6.54 Å². The molecule has 2 aromatic rings. The molecule has 2 aromatic carbocycles. The highest BCUT2D eigenvalue weighted by molar-refractivity contribution is 5.85. The Kier molecular flexibility index (Phi) is 1.96. The van der Waals surface area contributed by atoms with E-state index in [4.69, 9.17) is 0 Å². The third-order valence-corrected chi connectivity index (χ3v) is 2.90. The number of hydrogen-bond donors (Lipinski definition) is 0. The fraction of sp³-hybridized carbons (Fsp3) is 0.231. The maximum Gasteiger partial charge on any atom is 0.166 e. The smallest absolute Gasteiger partial charge is 0.166 e. The Morgan fingerprint density at radius 3 is 2.67 bits per heavy atom. The highest BCUT2D eigenvalue weighted by Gasteiger charge is 2.33. The summed E-state index contributed by atoms with van der Waals surface area (Å²) < 4.78 is 12.8. The molecule has 2 heteroatoms. The quantitative estimate of drug-likeness (QED) is 0.533. The molecular weight excluding hydrogens is 189 g/mol. The van der Waals surface area contributed by atoms with Crippen LogP contribution in [0, 0.1) is 0 Å². The zero-order chi connectivity index (χ0) is 10.3. The topological polar surface area (TPSA) is 3.01 Å². The average molecular weight is 201 g/mol. The van der Waals surface area contributed by atoms with Crippen molar-refractivity contribution in [3.05, 3.63) is 48.0 Å². The zero-order valence-electron chi connectivity index (χ0n) is 8.36. The van der Waals surface area contributed by atoms with Gasteiger partial charge in [0.05, 0.1) is 0 Å². The number of hydrogen-bond acceptors (Lipinski definition) is 1. The molecule has 3 rings (SSSR count). The second-order valence-corrected chi connectivity index (χ2v) is 4.00. The van der Waals surface area contributed by atoms with Crippen molar-refractivity contribution in [3.8, 4) is 0 Å². The van der Waals surface area contributed by atoms with Crippen molar-refractivity contribution >= 4 is 10.8 Å². The lowest BCUT2D eigenvalue weighted by Crippen LogP contribution is -1.99. The molecule has 1 saturated heterocycles. The first kappa shape index (κ1) is 8.86. The first-order chi connectivity index (χ1) is 7.34. The molecule has 76 valence electrons. The molecule has 0 amide bonds. The molecule has 2 atom stereocenters. The van der Waals surface area contributed by atoms with Crippen molar-refractivity contribution in [2.24, 2.45) is 0 Å². The van der Waals surface area contributed by atoms with Gasteiger partial charge < -0.3 is 0 Å². The molecule has 1 nitrogen and oxygen atoms in total. The summed E-state index contributed by atoms with van der Waals surface area (Å²) in [6.07, 6.45) is -0.719. The van der Waals surface area contributed by atoms with Gasteiger partial charge in [-0.1, -0.05) is 42.5 Å². The summed E-state index contributed by atoms with van der Waals surface area (Å²) >= 11 is 0. The average Bonchev–Trinajstić information content (AvgIpc) is 2.95. The van der Waals surface area contributed by atoms with Gasteiger partial charge in [0.25, 0.3) is 0 Å². The Labute approximate surface area is 88.1 Å². The van der Waals surface area contributed by atoms with Crippen LogP contribution >= 0.6 is 0 Å². The molecule has 1 fully saturated rings. The van der Waals surface area contributed by atoms with Crippen molar-refractivity contribution < 1.29 is 4.39 Å². The van der Waals surface area contributed by atoms with Crippen LogP contribution in [0.25, 0.3) is 10.8 Å². The van der Waals surface area contributed by atoms with Gasteiger partial charge >= 0.3 is 0 Å². The van der Waals surface area contributed by atoms with Crippen LogP contribution in [0.5, 0.6) is 0 Å². The molecule has 0 aromatic heterocycles. The van der Waals surface area contributed by atoms with Gasteiger partial charge in [0, 0.05) is 13.1 Å². The lowest BCUT2D eigenvalue weighted by Gasteiger charge is -2.06. The second kappa shape index (κ2) is 3.31. The van der Waals surface area contributed by atoms with Gasteiger partial charge in [0.2, 0.25) is 0 Å². The van der Waals surface area contributed by atoms with Crippen molar-refractivity contribution in [1.82, 2.24) is 4.90 Å². The second-order valence-electron chi connectivity index (χ2n) is 4.00. The van der Waals surface area contributed by atoms with Crippen molar-refractivity contribution in [2.75, 3.05) is 6.54 Å². The van der Waals surface area contributed by atoms with Crippen LogP contribution < -0.4 is 0 Å². The maximum atomic E-state index is 12.8. The molecule has 0 bridgehead atoms. The van der Waals surface area contributed by atoms with E-state index < -0.39 is 6.30 Å². The SMILES string of the molecule is FC1CN1Cc1cccc2ccccc12. The number of benzene rings is 2. The van der Waals surface area contributed by atoms with E-state index in [9.17, 15) is 4.39 Å². The first-order valence-electron chi connectivity index (χ1n) is 5.19. The molecule has 15 heavy (non-hydrogen) atoms. The van der Waals surface area contributed by atoms with Gasteiger partial charge in [-0.3, -0.25) is 4.90 Å². The largest absolute Gasteiger partial charge is 0.264 e.